The Morgan fingerprint density at radius 2 is 1.86 bits per heavy atom. The Hall–Kier alpha value is -3.26. The van der Waals surface area contributed by atoms with Gasteiger partial charge in [-0.3, -0.25) is 4.90 Å². The lowest BCUT2D eigenvalue weighted by Crippen LogP contribution is -2.25. The van der Waals surface area contributed by atoms with Gasteiger partial charge >= 0.3 is 0 Å². The number of aromatic nitrogens is 2. The maximum Gasteiger partial charge on any atom is 0.227 e. The third-order valence-electron chi connectivity index (χ3n) is 6.47. The number of hydrogen-bond acceptors (Lipinski definition) is 7. The van der Waals surface area contributed by atoms with E-state index in [1.54, 1.807) is 0 Å². The summed E-state index contributed by atoms with van der Waals surface area (Å²) in [5.41, 5.74) is 5.97. The number of aryl methyl sites for hydroxylation is 1. The number of rotatable bonds is 4. The molecule has 190 valence electrons. The van der Waals surface area contributed by atoms with Crippen molar-refractivity contribution in [3.8, 4) is 17.0 Å². The van der Waals surface area contributed by atoms with Gasteiger partial charge in [-0.25, -0.2) is 9.97 Å². The van der Waals surface area contributed by atoms with Crippen LogP contribution in [0.3, 0.4) is 0 Å². The number of ether oxygens (including phenoxy) is 3. The highest BCUT2D eigenvalue weighted by Crippen LogP contribution is 2.28. The van der Waals surface area contributed by atoms with E-state index in [1.165, 1.54) is 25.9 Å². The topological polar surface area (TPSA) is 68.7 Å². The minimum atomic E-state index is 0. The van der Waals surface area contributed by atoms with Gasteiger partial charge in [0, 0.05) is 31.0 Å². The first-order chi connectivity index (χ1) is 17.7. The summed E-state index contributed by atoms with van der Waals surface area (Å²) in [6.45, 7) is 8.01. The first-order valence-electron chi connectivity index (χ1n) is 12.7. The highest BCUT2D eigenvalue weighted by Gasteiger charge is 2.13. The second kappa shape index (κ2) is 12.1. The van der Waals surface area contributed by atoms with E-state index >= 15 is 0 Å². The Kier molecular flexibility index (Phi) is 8.23. The smallest absolute Gasteiger partial charge is 0.227 e. The van der Waals surface area contributed by atoms with Gasteiger partial charge in [0.25, 0.3) is 0 Å². The quantitative estimate of drug-likeness (QED) is 0.485. The van der Waals surface area contributed by atoms with E-state index in [1.807, 2.05) is 43.5 Å². The zero-order valence-corrected chi connectivity index (χ0v) is 20.9. The van der Waals surface area contributed by atoms with Crippen molar-refractivity contribution in [2.45, 2.75) is 33.0 Å². The maximum absolute atomic E-state index is 6.18. The molecule has 0 aliphatic carbocycles. The lowest BCUT2D eigenvalue weighted by atomic mass is 10.1. The van der Waals surface area contributed by atoms with Crippen molar-refractivity contribution in [3.63, 3.8) is 0 Å². The van der Waals surface area contributed by atoms with Gasteiger partial charge in [0.05, 0.1) is 32.1 Å². The zero-order valence-electron chi connectivity index (χ0n) is 20.9. The summed E-state index contributed by atoms with van der Waals surface area (Å²) in [5, 5.41) is 3.37. The first kappa shape index (κ1) is 24.4. The predicted molar refractivity (Wildman–Crippen MR) is 144 cm³/mol. The highest BCUT2D eigenvalue weighted by atomic mass is 16.5. The van der Waals surface area contributed by atoms with Gasteiger partial charge in [0.15, 0.2) is 0 Å². The molecule has 0 radical (unpaired) electrons. The van der Waals surface area contributed by atoms with E-state index in [-0.39, 0.29) is 1.43 Å². The van der Waals surface area contributed by atoms with Crippen LogP contribution in [0, 0.1) is 6.92 Å². The van der Waals surface area contributed by atoms with Crippen molar-refractivity contribution in [2.24, 2.45) is 0 Å². The van der Waals surface area contributed by atoms with Crippen molar-refractivity contribution in [1.29, 1.82) is 0 Å². The number of anilines is 2. The summed E-state index contributed by atoms with van der Waals surface area (Å²) in [7, 11) is 0. The number of benzene rings is 2. The molecular weight excluding hydrogens is 452 g/mol. The van der Waals surface area contributed by atoms with E-state index in [0.29, 0.717) is 39.0 Å². The Bertz CT molecular complexity index is 1200. The Balaban J connectivity index is 0.00000320. The van der Waals surface area contributed by atoms with Crippen LogP contribution in [0.15, 0.2) is 60.8 Å². The zero-order chi connectivity index (χ0) is 24.6. The van der Waals surface area contributed by atoms with Crippen molar-refractivity contribution >= 4 is 11.6 Å². The molecule has 3 aromatic rings. The van der Waals surface area contributed by atoms with Crippen LogP contribution in [-0.2, 0) is 22.7 Å². The SMILES string of the molecule is Cc1cnc2nc1-c1cccc(c1)COC/C=C/COCc1cc(ccc1OCCN1CCCC1)N2.[HH]. The summed E-state index contributed by atoms with van der Waals surface area (Å²) < 4.78 is 18.0. The lowest BCUT2D eigenvalue weighted by molar-refractivity contribution is 0.138. The normalized spacial score (nSPS) is 17.6. The minimum Gasteiger partial charge on any atom is -0.492 e. The molecule has 2 aliphatic heterocycles. The molecule has 0 unspecified atom stereocenters. The number of nitrogens with one attached hydrogen (secondary N) is 1. The molecule has 1 saturated heterocycles. The van der Waals surface area contributed by atoms with Gasteiger partial charge in [0.2, 0.25) is 5.95 Å². The van der Waals surface area contributed by atoms with Gasteiger partial charge < -0.3 is 19.5 Å². The number of hydrogen-bond donors (Lipinski definition) is 1. The molecule has 0 spiro atoms. The maximum atomic E-state index is 6.18. The number of likely N-dealkylation sites (tertiary alicyclic amines) is 1. The molecule has 36 heavy (non-hydrogen) atoms. The molecule has 1 fully saturated rings. The van der Waals surface area contributed by atoms with Crippen LogP contribution < -0.4 is 10.1 Å². The Labute approximate surface area is 214 Å². The second-order valence-electron chi connectivity index (χ2n) is 9.27. The van der Waals surface area contributed by atoms with Gasteiger partial charge in [-0.15, -0.1) is 0 Å². The van der Waals surface area contributed by atoms with Crippen LogP contribution in [0.5, 0.6) is 5.75 Å². The Morgan fingerprint density at radius 1 is 1.03 bits per heavy atom. The van der Waals surface area contributed by atoms with Crippen molar-refractivity contribution in [1.82, 2.24) is 14.9 Å². The first-order valence-corrected chi connectivity index (χ1v) is 12.7. The third kappa shape index (κ3) is 6.49. The summed E-state index contributed by atoms with van der Waals surface area (Å²) in [5.74, 6) is 1.40. The molecule has 6 bridgehead atoms. The second-order valence-corrected chi connectivity index (χ2v) is 9.27. The largest absolute Gasteiger partial charge is 0.492 e. The molecule has 2 aromatic carbocycles. The molecule has 2 aliphatic rings. The monoisotopic (exact) mass is 488 g/mol. The average Bonchev–Trinajstić information content (AvgIpc) is 3.41. The van der Waals surface area contributed by atoms with E-state index in [9.17, 15) is 0 Å². The van der Waals surface area contributed by atoms with E-state index in [0.717, 1.165) is 45.9 Å². The van der Waals surface area contributed by atoms with Crippen LogP contribution >= 0.6 is 0 Å². The fourth-order valence-electron chi connectivity index (χ4n) is 4.55. The van der Waals surface area contributed by atoms with Crippen LogP contribution in [0.1, 0.15) is 31.0 Å². The molecule has 0 atom stereocenters. The molecular formula is C29H36N4O3. The molecule has 0 saturated carbocycles. The van der Waals surface area contributed by atoms with Crippen molar-refractivity contribution in [2.75, 3.05) is 44.8 Å². The lowest BCUT2D eigenvalue weighted by Gasteiger charge is -2.17. The number of fused-ring (bicyclic) bond motifs is 7. The molecule has 3 heterocycles. The highest BCUT2D eigenvalue weighted by molar-refractivity contribution is 5.66. The molecule has 1 N–H and O–H groups in total. The van der Waals surface area contributed by atoms with Gasteiger partial charge in [-0.2, -0.15) is 0 Å². The summed E-state index contributed by atoms with van der Waals surface area (Å²) in [4.78, 5) is 11.8. The molecule has 0 amide bonds. The van der Waals surface area contributed by atoms with Gasteiger partial charge in [-0.05, 0) is 68.2 Å². The minimum absolute atomic E-state index is 0. The fourth-order valence-corrected chi connectivity index (χ4v) is 4.55. The number of nitrogens with zero attached hydrogens (tertiary/aromatic N) is 3. The van der Waals surface area contributed by atoms with Crippen LogP contribution in [0.2, 0.25) is 0 Å². The van der Waals surface area contributed by atoms with Crippen molar-refractivity contribution in [3.05, 3.63) is 77.5 Å². The molecule has 7 heteroatoms. The summed E-state index contributed by atoms with van der Waals surface area (Å²) >= 11 is 0. The van der Waals surface area contributed by atoms with Crippen molar-refractivity contribution < 1.29 is 15.6 Å². The standard InChI is InChI=1S/C29H34N4O3.H2/c1-22-19-30-29-31-26-9-10-27(36-16-13-33-11-2-3-12-33)25(18-26)21-35-15-5-4-14-34-20-23-7-6-8-24(17-23)28(22)32-29;/h4-10,17-19H,2-3,11-16,20-21H2,1H3,(H,30,31,32);1H/b5-4+;. The van der Waals surface area contributed by atoms with Gasteiger partial charge in [0.1, 0.15) is 12.4 Å². The molecule has 1 aromatic heterocycles. The van der Waals surface area contributed by atoms with Crippen LogP contribution in [-0.4, -0.2) is 54.3 Å². The fraction of sp³-hybridized carbons (Fsp3) is 0.379. The van der Waals surface area contributed by atoms with E-state index in [2.05, 4.69) is 39.5 Å². The van der Waals surface area contributed by atoms with Crippen LogP contribution in [0.4, 0.5) is 11.6 Å². The molecule has 5 rings (SSSR count). The third-order valence-corrected chi connectivity index (χ3v) is 6.47. The predicted octanol–water partition coefficient (Wildman–Crippen LogP) is 5.52. The summed E-state index contributed by atoms with van der Waals surface area (Å²) in [6, 6.07) is 14.4. The summed E-state index contributed by atoms with van der Waals surface area (Å²) in [6.07, 6.45) is 8.42. The van der Waals surface area contributed by atoms with E-state index in [4.69, 9.17) is 19.2 Å². The van der Waals surface area contributed by atoms with E-state index < -0.39 is 0 Å². The Morgan fingerprint density at radius 3 is 2.72 bits per heavy atom. The van der Waals surface area contributed by atoms with Gasteiger partial charge in [-0.1, -0.05) is 30.4 Å². The average molecular weight is 489 g/mol. The van der Waals surface area contributed by atoms with Crippen LogP contribution in [0.25, 0.3) is 11.3 Å². The molecule has 7 nitrogen and oxygen atoms in total.